The Labute approximate surface area is 229 Å². The molecule has 4 rings (SSSR count). The first-order valence-electron chi connectivity index (χ1n) is 11.9. The normalized spacial score (nSPS) is 18.9. The lowest BCUT2D eigenvalue weighted by molar-refractivity contribution is -0.168. The number of rotatable bonds is 7. The maximum absolute atomic E-state index is 15.0. The number of benzene rings is 2. The monoisotopic (exact) mass is 624 g/mol. The molecule has 2 aromatic carbocycles. The summed E-state index contributed by atoms with van der Waals surface area (Å²) < 4.78 is 35.4. The third-order valence-corrected chi connectivity index (χ3v) is 7.77. The number of aliphatic hydroxyl groups is 1. The Kier molecular flexibility index (Phi) is 7.00. The van der Waals surface area contributed by atoms with Crippen LogP contribution in [0.5, 0.6) is 0 Å². The number of nitrogens with zero attached hydrogens (tertiary/aromatic N) is 3. The number of carbonyl (C=O) groups excluding carboxylic acids is 1. The molecule has 1 unspecified atom stereocenters. The number of amides is 1. The van der Waals surface area contributed by atoms with Crippen molar-refractivity contribution in [3.63, 3.8) is 0 Å². The number of hydrogen-bond donors (Lipinski definition) is 2. The molecule has 0 radical (unpaired) electrons. The quantitative estimate of drug-likeness (QED) is 0.320. The van der Waals surface area contributed by atoms with Crippen molar-refractivity contribution in [3.05, 3.63) is 58.3 Å². The van der Waals surface area contributed by atoms with Gasteiger partial charge in [-0.25, -0.2) is 0 Å². The van der Waals surface area contributed by atoms with Crippen LogP contribution in [-0.4, -0.2) is 40.5 Å². The summed E-state index contributed by atoms with van der Waals surface area (Å²) in [5, 5.41) is 23.8. The fraction of sp³-hybridized carbons (Fsp3) is 0.444. The summed E-state index contributed by atoms with van der Waals surface area (Å²) in [4.78, 5) is 14.7. The summed E-state index contributed by atoms with van der Waals surface area (Å²) in [5.41, 5.74) is 0.110. The number of anilines is 2. The molecule has 3 aromatic rings. The molecular formula is C27H31F2IN4O3. The maximum atomic E-state index is 15.0. The molecule has 0 saturated heterocycles. The van der Waals surface area contributed by atoms with Gasteiger partial charge in [-0.2, -0.15) is 13.9 Å². The molecule has 0 saturated carbocycles. The molecule has 1 amide bonds. The van der Waals surface area contributed by atoms with Gasteiger partial charge in [0.2, 0.25) is 5.91 Å². The zero-order chi connectivity index (χ0) is 27.5. The number of carbonyl (C=O) groups is 1. The molecular weight excluding hydrogens is 593 g/mol. The lowest BCUT2D eigenvalue weighted by atomic mass is 9.83. The van der Waals surface area contributed by atoms with Crippen LogP contribution in [-0.2, 0) is 19.2 Å². The number of halogens is 3. The van der Waals surface area contributed by atoms with E-state index in [1.165, 1.54) is 6.07 Å². The van der Waals surface area contributed by atoms with Crippen LogP contribution < -0.4 is 10.2 Å². The molecule has 0 bridgehead atoms. The highest BCUT2D eigenvalue weighted by atomic mass is 127. The second-order valence-electron chi connectivity index (χ2n) is 10.5. The number of nitrogens with one attached hydrogen (secondary N) is 1. The van der Waals surface area contributed by atoms with E-state index >= 15 is 8.78 Å². The average molecular weight is 624 g/mol. The average Bonchev–Trinajstić information content (AvgIpc) is 3.00. The van der Waals surface area contributed by atoms with Gasteiger partial charge in [-0.3, -0.25) is 4.79 Å². The van der Waals surface area contributed by atoms with Crippen LogP contribution >= 0.6 is 23.0 Å². The molecule has 198 valence electrons. The van der Waals surface area contributed by atoms with Gasteiger partial charge in [0.25, 0.3) is 0 Å². The summed E-state index contributed by atoms with van der Waals surface area (Å²) in [6.07, 6.45) is 0. The van der Waals surface area contributed by atoms with Gasteiger partial charge in [-0.1, -0.05) is 18.2 Å². The lowest BCUT2D eigenvalue weighted by Gasteiger charge is -2.31. The molecule has 1 aliphatic heterocycles. The molecule has 2 heterocycles. The minimum atomic E-state index is -3.44. The van der Waals surface area contributed by atoms with Crippen LogP contribution in [0.25, 0.3) is 10.8 Å². The minimum Gasteiger partial charge on any atom is -0.384 e. The molecule has 0 fully saturated rings. The second kappa shape index (κ2) is 9.39. The predicted molar refractivity (Wildman–Crippen MR) is 148 cm³/mol. The SMILES string of the molecule is Cc1c([C@@H](C)Nc2nnc(C)c3cc4c(cc23)N(C)C(=O)C4(C)COI)cccc1C(F)(F)C(C)(C)O. The van der Waals surface area contributed by atoms with E-state index in [4.69, 9.17) is 3.07 Å². The Balaban J connectivity index is 1.79. The van der Waals surface area contributed by atoms with Crippen LogP contribution in [0.15, 0.2) is 30.3 Å². The summed E-state index contributed by atoms with van der Waals surface area (Å²) in [7, 11) is 1.74. The van der Waals surface area contributed by atoms with E-state index in [-0.39, 0.29) is 18.1 Å². The van der Waals surface area contributed by atoms with Crippen LogP contribution in [0, 0.1) is 13.8 Å². The van der Waals surface area contributed by atoms with Crippen LogP contribution in [0.4, 0.5) is 20.3 Å². The number of aryl methyl sites for hydroxylation is 1. The molecule has 10 heteroatoms. The third kappa shape index (κ3) is 4.36. The fourth-order valence-electron chi connectivity index (χ4n) is 5.06. The Hall–Kier alpha value is -2.44. The van der Waals surface area contributed by atoms with Crippen LogP contribution in [0.1, 0.15) is 61.7 Å². The highest BCUT2D eigenvalue weighted by Gasteiger charge is 2.48. The molecule has 1 aliphatic rings. The van der Waals surface area contributed by atoms with Gasteiger partial charge in [0, 0.05) is 29.1 Å². The van der Waals surface area contributed by atoms with E-state index < -0.39 is 23.0 Å². The first-order chi connectivity index (χ1) is 17.1. The standard InChI is InChI=1S/C27H31F2IN4O3/c1-14-17(9-8-10-20(14)27(28,29)25(4,5)36)15(2)31-23-19-12-22-21(11-18(19)16(3)32-33-23)26(6,13-37-30)24(35)34(22)7/h8-12,15,36H,13H2,1-7H3,(H,31,33)/t15-,26?/m1/s1. The number of aromatic nitrogens is 2. The fourth-order valence-corrected chi connectivity index (χ4v) is 5.68. The van der Waals surface area contributed by atoms with Crippen LogP contribution in [0.3, 0.4) is 0 Å². The minimum absolute atomic E-state index is 0.0592. The third-order valence-electron chi connectivity index (χ3n) is 7.46. The Morgan fingerprint density at radius 1 is 1.22 bits per heavy atom. The number of fused-ring (bicyclic) bond motifs is 2. The summed E-state index contributed by atoms with van der Waals surface area (Å²) in [6, 6.07) is 8.18. The van der Waals surface area contributed by atoms with Gasteiger partial charge in [0.05, 0.1) is 23.8 Å². The largest absolute Gasteiger partial charge is 0.384 e. The Morgan fingerprint density at radius 3 is 2.51 bits per heavy atom. The van der Waals surface area contributed by atoms with E-state index in [9.17, 15) is 9.90 Å². The van der Waals surface area contributed by atoms with E-state index in [1.807, 2.05) is 32.9 Å². The van der Waals surface area contributed by atoms with Gasteiger partial charge in [-0.15, -0.1) is 5.10 Å². The van der Waals surface area contributed by atoms with E-state index in [0.29, 0.717) is 22.6 Å². The van der Waals surface area contributed by atoms with Gasteiger partial charge < -0.3 is 18.4 Å². The number of hydrogen-bond acceptors (Lipinski definition) is 6. The van der Waals surface area contributed by atoms with Crippen LogP contribution in [0.2, 0.25) is 0 Å². The molecule has 0 aliphatic carbocycles. The Bertz CT molecular complexity index is 1390. The van der Waals surface area contributed by atoms with Crippen molar-refractivity contribution in [1.82, 2.24) is 10.2 Å². The van der Waals surface area contributed by atoms with Crippen molar-refractivity contribution in [2.24, 2.45) is 0 Å². The van der Waals surface area contributed by atoms with Crippen molar-refractivity contribution < 1.29 is 21.7 Å². The van der Waals surface area contributed by atoms with Crippen molar-refractivity contribution in [2.45, 2.75) is 64.5 Å². The van der Waals surface area contributed by atoms with Gasteiger partial charge in [-0.05, 0) is 70.4 Å². The van der Waals surface area contributed by atoms with Gasteiger partial charge in [0.1, 0.15) is 28.6 Å². The van der Waals surface area contributed by atoms with E-state index in [1.54, 1.807) is 54.0 Å². The first-order valence-corrected chi connectivity index (χ1v) is 12.8. The maximum Gasteiger partial charge on any atom is 0.300 e. The summed E-state index contributed by atoms with van der Waals surface area (Å²) in [6.45, 7) is 9.66. The van der Waals surface area contributed by atoms with E-state index in [2.05, 4.69) is 15.5 Å². The Morgan fingerprint density at radius 2 is 1.89 bits per heavy atom. The molecule has 0 spiro atoms. The van der Waals surface area contributed by atoms with Gasteiger partial charge >= 0.3 is 5.92 Å². The lowest BCUT2D eigenvalue weighted by Crippen LogP contribution is -2.40. The van der Waals surface area contributed by atoms with Gasteiger partial charge in [0.15, 0.2) is 5.82 Å². The van der Waals surface area contributed by atoms with Crippen molar-refractivity contribution >= 4 is 51.2 Å². The number of alkyl halides is 2. The first kappa shape index (κ1) is 27.6. The van der Waals surface area contributed by atoms with Crippen molar-refractivity contribution in [1.29, 1.82) is 0 Å². The highest BCUT2D eigenvalue weighted by molar-refractivity contribution is 14.1. The topological polar surface area (TPSA) is 87.6 Å². The number of likely N-dealkylation sites (N-methyl/N-ethyl adjacent to an activating group) is 1. The molecule has 1 aromatic heterocycles. The highest BCUT2D eigenvalue weighted by Crippen LogP contribution is 2.45. The molecule has 37 heavy (non-hydrogen) atoms. The zero-order valence-corrected chi connectivity index (χ0v) is 24.1. The summed E-state index contributed by atoms with van der Waals surface area (Å²) >= 11 is 1.80. The smallest absolute Gasteiger partial charge is 0.300 e. The second-order valence-corrected chi connectivity index (χ2v) is 11.1. The predicted octanol–water partition coefficient (Wildman–Crippen LogP) is 5.88. The summed E-state index contributed by atoms with van der Waals surface area (Å²) in [5.74, 6) is -3.01. The zero-order valence-electron chi connectivity index (χ0n) is 21.9. The van der Waals surface area contributed by atoms with Crippen molar-refractivity contribution in [3.8, 4) is 0 Å². The molecule has 7 nitrogen and oxygen atoms in total. The van der Waals surface area contributed by atoms with Crippen molar-refractivity contribution in [2.75, 3.05) is 23.9 Å². The molecule has 2 N–H and O–H groups in total. The molecule has 2 atom stereocenters. The van der Waals surface area contributed by atoms with E-state index in [0.717, 1.165) is 35.9 Å².